The lowest BCUT2D eigenvalue weighted by molar-refractivity contribution is 0.0699. The van der Waals surface area contributed by atoms with E-state index in [0.29, 0.717) is 12.2 Å². The number of aromatic carboxylic acids is 1. The van der Waals surface area contributed by atoms with Gasteiger partial charge in [-0.1, -0.05) is 6.07 Å². The molecule has 1 aromatic carbocycles. The molecule has 0 unspecified atom stereocenters. The molecule has 2 N–H and O–H groups in total. The summed E-state index contributed by atoms with van der Waals surface area (Å²) in [6.07, 6.45) is 0. The Hall–Kier alpha value is -1.81. The summed E-state index contributed by atoms with van der Waals surface area (Å²) in [5.74, 6) is -0.913. The monoisotopic (exact) mass is 205 g/mol. The average Bonchev–Trinajstić information content (AvgIpc) is 2.59. The first kappa shape index (κ1) is 9.73. The molecule has 78 valence electrons. The van der Waals surface area contributed by atoms with Crippen molar-refractivity contribution >= 4 is 16.9 Å². The van der Waals surface area contributed by atoms with Crippen LogP contribution >= 0.6 is 0 Å². The third-order valence-corrected chi connectivity index (χ3v) is 2.25. The Morgan fingerprint density at radius 2 is 2.33 bits per heavy atom. The summed E-state index contributed by atoms with van der Waals surface area (Å²) in [7, 11) is 1.60. The molecule has 15 heavy (non-hydrogen) atoms. The van der Waals surface area contributed by atoms with E-state index in [1.165, 1.54) is 0 Å². The van der Waals surface area contributed by atoms with Crippen LogP contribution in [0.5, 0.6) is 0 Å². The molecule has 0 amide bonds. The maximum atomic E-state index is 10.9. The van der Waals surface area contributed by atoms with Gasteiger partial charge in [-0.2, -0.15) is 0 Å². The first-order valence-electron chi connectivity index (χ1n) is 4.55. The lowest BCUT2D eigenvalue weighted by Crippen LogP contribution is -1.95. The molecule has 0 saturated heterocycles. The summed E-state index contributed by atoms with van der Waals surface area (Å²) >= 11 is 0. The molecule has 0 atom stereocenters. The molecule has 0 aliphatic heterocycles. The smallest absolute Gasteiger partial charge is 0.336 e. The molecule has 2 aromatic rings. The van der Waals surface area contributed by atoms with Gasteiger partial charge in [0, 0.05) is 23.7 Å². The van der Waals surface area contributed by atoms with E-state index in [1.54, 1.807) is 19.2 Å². The fourth-order valence-corrected chi connectivity index (χ4v) is 1.63. The van der Waals surface area contributed by atoms with E-state index in [2.05, 4.69) is 4.98 Å². The van der Waals surface area contributed by atoms with Gasteiger partial charge >= 0.3 is 5.97 Å². The molecule has 0 radical (unpaired) electrons. The van der Waals surface area contributed by atoms with Crippen LogP contribution < -0.4 is 0 Å². The molecule has 0 saturated carbocycles. The molecule has 0 fully saturated rings. The standard InChI is InChI=1S/C11H11NO3/c1-15-6-7-5-9-8(11(13)14)3-2-4-10(9)12-7/h2-5,12H,6H2,1H3,(H,13,14). The van der Waals surface area contributed by atoms with Crippen LogP contribution in [0.25, 0.3) is 10.9 Å². The predicted molar refractivity (Wildman–Crippen MR) is 56.0 cm³/mol. The third kappa shape index (κ3) is 1.71. The van der Waals surface area contributed by atoms with Crippen LogP contribution in [-0.4, -0.2) is 23.2 Å². The van der Waals surface area contributed by atoms with E-state index in [0.717, 1.165) is 16.6 Å². The summed E-state index contributed by atoms with van der Waals surface area (Å²) in [4.78, 5) is 14.0. The van der Waals surface area contributed by atoms with Gasteiger partial charge in [-0.05, 0) is 18.2 Å². The fraction of sp³-hybridized carbons (Fsp3) is 0.182. The number of hydrogen-bond donors (Lipinski definition) is 2. The number of ether oxygens (including phenoxy) is 1. The van der Waals surface area contributed by atoms with Gasteiger partial charge in [-0.15, -0.1) is 0 Å². The number of carboxylic acid groups (broad SMARTS) is 1. The maximum absolute atomic E-state index is 10.9. The second-order valence-electron chi connectivity index (χ2n) is 3.30. The quantitative estimate of drug-likeness (QED) is 0.805. The number of aromatic amines is 1. The Kier molecular flexibility index (Phi) is 2.43. The summed E-state index contributed by atoms with van der Waals surface area (Å²) in [5.41, 5.74) is 2.01. The zero-order valence-electron chi connectivity index (χ0n) is 8.28. The Bertz CT molecular complexity index is 502. The van der Waals surface area contributed by atoms with Gasteiger partial charge in [0.1, 0.15) is 0 Å². The molecule has 4 heteroatoms. The molecule has 1 heterocycles. The largest absolute Gasteiger partial charge is 0.478 e. The van der Waals surface area contributed by atoms with E-state index in [4.69, 9.17) is 9.84 Å². The third-order valence-electron chi connectivity index (χ3n) is 2.25. The van der Waals surface area contributed by atoms with Gasteiger partial charge in [0.15, 0.2) is 0 Å². The van der Waals surface area contributed by atoms with Crippen LogP contribution in [-0.2, 0) is 11.3 Å². The lowest BCUT2D eigenvalue weighted by atomic mass is 10.1. The second kappa shape index (κ2) is 3.74. The molecule has 0 spiro atoms. The molecular weight excluding hydrogens is 194 g/mol. The highest BCUT2D eigenvalue weighted by molar-refractivity contribution is 6.03. The highest BCUT2D eigenvalue weighted by atomic mass is 16.5. The fourth-order valence-electron chi connectivity index (χ4n) is 1.63. The van der Waals surface area contributed by atoms with Crippen LogP contribution in [0.3, 0.4) is 0 Å². The lowest BCUT2D eigenvalue weighted by Gasteiger charge is -1.94. The molecule has 0 bridgehead atoms. The van der Waals surface area contributed by atoms with Crippen molar-refractivity contribution < 1.29 is 14.6 Å². The molecule has 4 nitrogen and oxygen atoms in total. The van der Waals surface area contributed by atoms with Crippen LogP contribution in [0.4, 0.5) is 0 Å². The predicted octanol–water partition coefficient (Wildman–Crippen LogP) is 2.01. The minimum Gasteiger partial charge on any atom is -0.478 e. The van der Waals surface area contributed by atoms with Crippen LogP contribution in [0.15, 0.2) is 24.3 Å². The molecule has 0 aliphatic rings. The molecular formula is C11H11NO3. The van der Waals surface area contributed by atoms with E-state index in [-0.39, 0.29) is 0 Å². The number of benzene rings is 1. The Morgan fingerprint density at radius 3 is 3.00 bits per heavy atom. The van der Waals surface area contributed by atoms with Crippen molar-refractivity contribution in [1.82, 2.24) is 4.98 Å². The first-order chi connectivity index (χ1) is 7.22. The van der Waals surface area contributed by atoms with Gasteiger partial charge < -0.3 is 14.8 Å². The van der Waals surface area contributed by atoms with E-state index < -0.39 is 5.97 Å². The van der Waals surface area contributed by atoms with E-state index in [9.17, 15) is 4.79 Å². The number of H-pyrrole nitrogens is 1. The number of carboxylic acids is 1. The second-order valence-corrected chi connectivity index (χ2v) is 3.30. The van der Waals surface area contributed by atoms with Crippen LogP contribution in [0, 0.1) is 0 Å². The Balaban J connectivity index is 2.59. The van der Waals surface area contributed by atoms with E-state index >= 15 is 0 Å². The number of fused-ring (bicyclic) bond motifs is 1. The minimum absolute atomic E-state index is 0.311. The molecule has 0 aliphatic carbocycles. The van der Waals surface area contributed by atoms with Crippen molar-refractivity contribution in [3.8, 4) is 0 Å². The molecule has 2 rings (SSSR count). The van der Waals surface area contributed by atoms with Gasteiger partial charge in [-0.3, -0.25) is 0 Å². The highest BCUT2D eigenvalue weighted by Gasteiger charge is 2.10. The summed E-state index contributed by atoms with van der Waals surface area (Å²) < 4.78 is 4.98. The summed E-state index contributed by atoms with van der Waals surface area (Å²) in [6, 6.07) is 6.97. The van der Waals surface area contributed by atoms with E-state index in [1.807, 2.05) is 12.1 Å². The van der Waals surface area contributed by atoms with Gasteiger partial charge in [0.05, 0.1) is 12.2 Å². The average molecular weight is 205 g/mol. The van der Waals surface area contributed by atoms with Crippen molar-refractivity contribution in [3.63, 3.8) is 0 Å². The maximum Gasteiger partial charge on any atom is 0.336 e. The first-order valence-corrected chi connectivity index (χ1v) is 4.55. The van der Waals surface area contributed by atoms with Crippen LogP contribution in [0.1, 0.15) is 16.1 Å². The minimum atomic E-state index is -0.913. The number of nitrogens with one attached hydrogen (secondary N) is 1. The zero-order chi connectivity index (χ0) is 10.8. The summed E-state index contributed by atoms with van der Waals surface area (Å²) in [6.45, 7) is 0.452. The van der Waals surface area contributed by atoms with Crippen molar-refractivity contribution in [2.45, 2.75) is 6.61 Å². The molecule has 1 aromatic heterocycles. The Labute approximate surface area is 86.5 Å². The Morgan fingerprint density at radius 1 is 1.53 bits per heavy atom. The number of rotatable bonds is 3. The number of carbonyl (C=O) groups is 1. The highest BCUT2D eigenvalue weighted by Crippen LogP contribution is 2.20. The van der Waals surface area contributed by atoms with Gasteiger partial charge in [0.2, 0.25) is 0 Å². The number of aromatic nitrogens is 1. The summed E-state index contributed by atoms with van der Waals surface area (Å²) in [5, 5.41) is 9.70. The van der Waals surface area contributed by atoms with Crippen molar-refractivity contribution in [2.24, 2.45) is 0 Å². The van der Waals surface area contributed by atoms with Gasteiger partial charge in [0.25, 0.3) is 0 Å². The number of methoxy groups -OCH3 is 1. The topological polar surface area (TPSA) is 62.3 Å². The zero-order valence-corrected chi connectivity index (χ0v) is 8.28. The van der Waals surface area contributed by atoms with Crippen molar-refractivity contribution in [3.05, 3.63) is 35.5 Å². The van der Waals surface area contributed by atoms with Crippen molar-refractivity contribution in [2.75, 3.05) is 7.11 Å². The van der Waals surface area contributed by atoms with Crippen LogP contribution in [0.2, 0.25) is 0 Å². The van der Waals surface area contributed by atoms with Crippen molar-refractivity contribution in [1.29, 1.82) is 0 Å². The SMILES string of the molecule is COCc1cc2c(C(=O)O)cccc2[nH]1. The van der Waals surface area contributed by atoms with Gasteiger partial charge in [-0.25, -0.2) is 4.79 Å². The number of hydrogen-bond acceptors (Lipinski definition) is 2. The normalized spacial score (nSPS) is 10.7.